The first kappa shape index (κ1) is 6.14. The van der Waals surface area contributed by atoms with Crippen molar-refractivity contribution in [2.45, 2.75) is 19.8 Å². The minimum atomic E-state index is 0.309. The second kappa shape index (κ2) is 1.94. The molecule has 2 aliphatic rings. The average Bonchev–Trinajstić information content (AvgIpc) is 2.41. The van der Waals surface area contributed by atoms with Gasteiger partial charge in [-0.15, -0.1) is 0 Å². The van der Waals surface area contributed by atoms with Crippen LogP contribution in [0.2, 0.25) is 0 Å². The molecule has 0 saturated heterocycles. The maximum atomic E-state index is 11.2. The van der Waals surface area contributed by atoms with Crippen molar-refractivity contribution in [2.24, 2.45) is 17.8 Å². The second-order valence-electron chi connectivity index (χ2n) is 3.46. The fraction of sp³-hybridized carbons (Fsp3) is 0.667. The molecule has 0 radical (unpaired) electrons. The Morgan fingerprint density at radius 3 is 3.10 bits per heavy atom. The molecule has 0 unspecified atom stereocenters. The van der Waals surface area contributed by atoms with Crippen molar-refractivity contribution in [3.63, 3.8) is 0 Å². The maximum Gasteiger partial charge on any atom is 0.136 e. The van der Waals surface area contributed by atoms with Crippen LogP contribution < -0.4 is 0 Å². The first-order valence-electron chi connectivity index (χ1n) is 3.98. The largest absolute Gasteiger partial charge is 0.299 e. The Morgan fingerprint density at radius 2 is 2.40 bits per heavy atom. The predicted molar refractivity (Wildman–Crippen MR) is 39.5 cm³/mol. The van der Waals surface area contributed by atoms with E-state index in [0.29, 0.717) is 23.5 Å². The van der Waals surface area contributed by atoms with Crippen LogP contribution in [0, 0.1) is 17.8 Å². The van der Waals surface area contributed by atoms with Gasteiger partial charge >= 0.3 is 0 Å². The van der Waals surface area contributed by atoms with E-state index in [2.05, 4.69) is 19.1 Å². The summed E-state index contributed by atoms with van der Waals surface area (Å²) in [7, 11) is 0. The van der Waals surface area contributed by atoms with E-state index in [0.717, 1.165) is 12.8 Å². The molecular formula is C9H12O. The molecule has 1 fully saturated rings. The Morgan fingerprint density at radius 1 is 1.60 bits per heavy atom. The van der Waals surface area contributed by atoms with E-state index in [-0.39, 0.29) is 0 Å². The van der Waals surface area contributed by atoms with Crippen LogP contribution in [0.3, 0.4) is 0 Å². The molecule has 0 aliphatic heterocycles. The van der Waals surface area contributed by atoms with Gasteiger partial charge in [-0.2, -0.15) is 0 Å². The molecule has 54 valence electrons. The highest BCUT2D eigenvalue weighted by atomic mass is 16.1. The van der Waals surface area contributed by atoms with E-state index >= 15 is 0 Å². The Hall–Kier alpha value is -0.590. The summed E-state index contributed by atoms with van der Waals surface area (Å²) in [5.74, 6) is 2.04. The Labute approximate surface area is 61.1 Å². The number of carbonyl (C=O) groups is 1. The summed E-state index contributed by atoms with van der Waals surface area (Å²) in [5.41, 5.74) is 0. The van der Waals surface area contributed by atoms with Crippen molar-refractivity contribution in [1.82, 2.24) is 0 Å². The van der Waals surface area contributed by atoms with Crippen LogP contribution >= 0.6 is 0 Å². The van der Waals surface area contributed by atoms with Gasteiger partial charge in [-0.25, -0.2) is 0 Å². The molecule has 2 aliphatic carbocycles. The van der Waals surface area contributed by atoms with Gasteiger partial charge in [0.1, 0.15) is 5.78 Å². The number of hydrogen-bond donors (Lipinski definition) is 0. The van der Waals surface area contributed by atoms with E-state index in [9.17, 15) is 4.79 Å². The molecule has 0 amide bonds. The highest BCUT2D eigenvalue weighted by Crippen LogP contribution is 2.41. The highest BCUT2D eigenvalue weighted by molar-refractivity contribution is 5.84. The molecule has 10 heavy (non-hydrogen) atoms. The zero-order valence-electron chi connectivity index (χ0n) is 6.21. The SMILES string of the molecule is C[C@@H]1C(=O)C[C@@H]2CC=C[C@@H]21. The van der Waals surface area contributed by atoms with Crippen LogP contribution in [0.4, 0.5) is 0 Å². The Bertz CT molecular complexity index is 193. The molecule has 0 aromatic carbocycles. The van der Waals surface area contributed by atoms with E-state index in [1.165, 1.54) is 0 Å². The van der Waals surface area contributed by atoms with Gasteiger partial charge in [0.15, 0.2) is 0 Å². The first-order valence-corrected chi connectivity index (χ1v) is 3.98. The van der Waals surface area contributed by atoms with Gasteiger partial charge in [-0.3, -0.25) is 4.79 Å². The van der Waals surface area contributed by atoms with Crippen molar-refractivity contribution in [3.05, 3.63) is 12.2 Å². The van der Waals surface area contributed by atoms with Crippen LogP contribution in [-0.2, 0) is 4.79 Å². The number of carbonyl (C=O) groups excluding carboxylic acids is 1. The molecule has 0 bridgehead atoms. The molecule has 2 rings (SSSR count). The molecule has 0 spiro atoms. The van der Waals surface area contributed by atoms with Crippen LogP contribution in [0.15, 0.2) is 12.2 Å². The summed E-state index contributed by atoms with van der Waals surface area (Å²) in [4.78, 5) is 11.2. The number of hydrogen-bond acceptors (Lipinski definition) is 1. The monoisotopic (exact) mass is 136 g/mol. The van der Waals surface area contributed by atoms with Crippen LogP contribution in [0.1, 0.15) is 19.8 Å². The summed E-state index contributed by atoms with van der Waals surface area (Å²) >= 11 is 0. The summed E-state index contributed by atoms with van der Waals surface area (Å²) in [6, 6.07) is 0. The number of fused-ring (bicyclic) bond motifs is 1. The molecule has 3 atom stereocenters. The lowest BCUT2D eigenvalue weighted by Crippen LogP contribution is -2.08. The summed E-state index contributed by atoms with van der Waals surface area (Å²) < 4.78 is 0. The fourth-order valence-corrected chi connectivity index (χ4v) is 2.18. The molecule has 1 saturated carbocycles. The summed E-state index contributed by atoms with van der Waals surface area (Å²) in [6.07, 6.45) is 6.41. The lowest BCUT2D eigenvalue weighted by molar-refractivity contribution is -0.120. The molecule has 1 heteroatoms. The zero-order valence-corrected chi connectivity index (χ0v) is 6.21. The van der Waals surface area contributed by atoms with Gasteiger partial charge in [-0.1, -0.05) is 19.1 Å². The Balaban J connectivity index is 2.23. The number of Topliss-reactive ketones (excluding diaryl/α,β-unsaturated/α-hetero) is 1. The normalized spacial score (nSPS) is 44.5. The fourth-order valence-electron chi connectivity index (χ4n) is 2.18. The van der Waals surface area contributed by atoms with Crippen LogP contribution in [0.25, 0.3) is 0 Å². The first-order chi connectivity index (χ1) is 4.79. The molecule has 0 N–H and O–H groups in total. The van der Waals surface area contributed by atoms with Crippen molar-refractivity contribution >= 4 is 5.78 Å². The lowest BCUT2D eigenvalue weighted by Gasteiger charge is -2.09. The van der Waals surface area contributed by atoms with E-state index in [1.54, 1.807) is 0 Å². The van der Waals surface area contributed by atoms with Crippen LogP contribution in [0.5, 0.6) is 0 Å². The maximum absolute atomic E-state index is 11.2. The highest BCUT2D eigenvalue weighted by Gasteiger charge is 2.39. The molecule has 0 aromatic rings. The number of allylic oxidation sites excluding steroid dienone is 2. The Kier molecular flexibility index (Phi) is 1.19. The predicted octanol–water partition coefficient (Wildman–Crippen LogP) is 1.79. The third-order valence-corrected chi connectivity index (χ3v) is 2.89. The third-order valence-electron chi connectivity index (χ3n) is 2.89. The average molecular weight is 136 g/mol. The standard InChI is InChI=1S/C9H12O/c1-6-8-4-2-3-7(8)5-9(6)10/h2,4,6-8H,3,5H2,1H3/t6-,7-,8+/m0/s1. The van der Waals surface area contributed by atoms with Crippen molar-refractivity contribution in [1.29, 1.82) is 0 Å². The summed E-state index contributed by atoms with van der Waals surface area (Å²) in [5, 5.41) is 0. The number of ketones is 1. The third kappa shape index (κ3) is 0.664. The molecule has 1 nitrogen and oxygen atoms in total. The van der Waals surface area contributed by atoms with Gasteiger partial charge in [0.25, 0.3) is 0 Å². The zero-order chi connectivity index (χ0) is 7.14. The minimum Gasteiger partial charge on any atom is -0.299 e. The lowest BCUT2D eigenvalue weighted by atomic mass is 9.94. The smallest absolute Gasteiger partial charge is 0.136 e. The topological polar surface area (TPSA) is 17.1 Å². The minimum absolute atomic E-state index is 0.309. The summed E-state index contributed by atoms with van der Waals surface area (Å²) in [6.45, 7) is 2.06. The van der Waals surface area contributed by atoms with Gasteiger partial charge < -0.3 is 0 Å². The van der Waals surface area contributed by atoms with E-state index in [4.69, 9.17) is 0 Å². The van der Waals surface area contributed by atoms with Gasteiger partial charge in [0, 0.05) is 12.3 Å². The van der Waals surface area contributed by atoms with Gasteiger partial charge in [0.2, 0.25) is 0 Å². The van der Waals surface area contributed by atoms with E-state index in [1.807, 2.05) is 0 Å². The molecular weight excluding hydrogens is 124 g/mol. The second-order valence-corrected chi connectivity index (χ2v) is 3.46. The van der Waals surface area contributed by atoms with Gasteiger partial charge in [0.05, 0.1) is 0 Å². The molecule has 0 heterocycles. The van der Waals surface area contributed by atoms with Crippen LogP contribution in [-0.4, -0.2) is 5.78 Å². The van der Waals surface area contributed by atoms with Crippen molar-refractivity contribution < 1.29 is 4.79 Å². The van der Waals surface area contributed by atoms with Gasteiger partial charge in [-0.05, 0) is 18.3 Å². The quantitative estimate of drug-likeness (QED) is 0.464. The van der Waals surface area contributed by atoms with E-state index < -0.39 is 0 Å². The molecule has 0 aromatic heterocycles. The number of rotatable bonds is 0. The van der Waals surface area contributed by atoms with Crippen molar-refractivity contribution in [2.75, 3.05) is 0 Å². The van der Waals surface area contributed by atoms with Crippen molar-refractivity contribution in [3.8, 4) is 0 Å².